The summed E-state index contributed by atoms with van der Waals surface area (Å²) in [7, 11) is 0. The maximum absolute atomic E-state index is 2.48. The largest absolute Gasteiger partial charge is 0.309 e. The van der Waals surface area contributed by atoms with Crippen molar-refractivity contribution in [1.29, 1.82) is 0 Å². The molecule has 1 nitrogen and oxygen atoms in total. The van der Waals surface area contributed by atoms with Crippen molar-refractivity contribution < 1.29 is 0 Å². The second-order valence-corrected chi connectivity index (χ2v) is 13.0. The summed E-state index contributed by atoms with van der Waals surface area (Å²) in [5.41, 5.74) is 12.0. The Labute approximate surface area is 264 Å². The number of fused-ring (bicyclic) bond motifs is 8. The molecule has 0 N–H and O–H groups in total. The Kier molecular flexibility index (Phi) is 7.06. The van der Waals surface area contributed by atoms with E-state index in [0.29, 0.717) is 0 Å². The minimum atomic E-state index is -0.0691. The summed E-state index contributed by atoms with van der Waals surface area (Å²) >= 11 is 1.89. The topological polar surface area (TPSA) is 4.93 Å². The Hall–Kier alpha value is -4.40. The van der Waals surface area contributed by atoms with Gasteiger partial charge in [-0.25, -0.2) is 0 Å². The molecule has 1 aliphatic rings. The lowest BCUT2D eigenvalue weighted by Crippen LogP contribution is -2.16. The molecule has 0 atom stereocenters. The summed E-state index contributed by atoms with van der Waals surface area (Å²) in [6, 6.07) is 38.3. The molecule has 0 unspecified atom stereocenters. The van der Waals surface area contributed by atoms with E-state index >= 15 is 0 Å². The minimum Gasteiger partial charge on any atom is -0.309 e. The maximum atomic E-state index is 2.48. The van der Waals surface area contributed by atoms with Gasteiger partial charge in [0.25, 0.3) is 0 Å². The van der Waals surface area contributed by atoms with E-state index in [2.05, 4.69) is 148 Å². The van der Waals surface area contributed by atoms with E-state index in [0.717, 1.165) is 6.42 Å². The van der Waals surface area contributed by atoms with Gasteiger partial charge in [-0.2, -0.15) is 0 Å². The highest BCUT2D eigenvalue weighted by atomic mass is 32.1. The van der Waals surface area contributed by atoms with Crippen LogP contribution in [0.25, 0.3) is 64.4 Å². The first-order chi connectivity index (χ1) is 21.5. The Morgan fingerprint density at radius 2 is 1.45 bits per heavy atom. The lowest BCUT2D eigenvalue weighted by molar-refractivity contribution is 0.659. The van der Waals surface area contributed by atoms with Crippen molar-refractivity contribution in [3.05, 3.63) is 132 Å². The van der Waals surface area contributed by atoms with Gasteiger partial charge in [-0.15, -0.1) is 11.3 Å². The third kappa shape index (κ3) is 4.04. The van der Waals surface area contributed by atoms with E-state index in [1.807, 2.05) is 25.2 Å². The van der Waals surface area contributed by atoms with Crippen molar-refractivity contribution in [2.45, 2.75) is 53.4 Å². The normalized spacial score (nSPS) is 14.2. The molecule has 5 aromatic carbocycles. The monoisotopic (exact) mass is 589 g/mol. The molecule has 0 aliphatic heterocycles. The van der Waals surface area contributed by atoms with Gasteiger partial charge in [-0.1, -0.05) is 120 Å². The molecule has 2 heterocycles. The third-order valence-corrected chi connectivity index (χ3v) is 10.5. The molecule has 8 rings (SSSR count). The molecule has 0 spiro atoms. The number of hydrogen-bond donors (Lipinski definition) is 0. The molecular weight excluding hydrogens is 551 g/mol. The molecule has 0 radical (unpaired) electrons. The van der Waals surface area contributed by atoms with E-state index < -0.39 is 0 Å². The first kappa shape index (κ1) is 28.4. The molecule has 2 heteroatoms. The minimum absolute atomic E-state index is 0.0691. The maximum Gasteiger partial charge on any atom is 0.0544 e. The average Bonchev–Trinajstić information content (AvgIpc) is 3.68. The SMILES string of the molecule is C/C=C\C1=C(CC)c2ccc3c(c2C1(C)C)c1ccccc1n3-c1cccc(-c2cccc3c2sc2ccccc23)c1.CC. The number of hydrogen-bond acceptors (Lipinski definition) is 1. The summed E-state index contributed by atoms with van der Waals surface area (Å²) in [4.78, 5) is 0. The molecule has 0 saturated heterocycles. The van der Waals surface area contributed by atoms with Crippen molar-refractivity contribution >= 4 is 58.9 Å². The van der Waals surface area contributed by atoms with E-state index in [1.165, 1.54) is 81.1 Å². The van der Waals surface area contributed by atoms with Crippen LogP contribution in [0.3, 0.4) is 0 Å². The smallest absolute Gasteiger partial charge is 0.0544 e. The number of thiophene rings is 1. The second-order valence-electron chi connectivity index (χ2n) is 11.9. The van der Waals surface area contributed by atoms with Gasteiger partial charge < -0.3 is 4.57 Å². The van der Waals surface area contributed by atoms with Crippen LogP contribution < -0.4 is 0 Å². The number of aromatic nitrogens is 1. The molecule has 7 aromatic rings. The molecular formula is C42H39NS. The molecule has 2 aromatic heterocycles. The van der Waals surface area contributed by atoms with Crippen molar-refractivity contribution in [3.63, 3.8) is 0 Å². The van der Waals surface area contributed by atoms with E-state index in [1.54, 1.807) is 0 Å². The average molecular weight is 590 g/mol. The Morgan fingerprint density at radius 1 is 0.727 bits per heavy atom. The van der Waals surface area contributed by atoms with Gasteiger partial charge in [0.15, 0.2) is 0 Å². The molecule has 218 valence electrons. The fourth-order valence-electron chi connectivity index (χ4n) is 7.54. The quantitative estimate of drug-likeness (QED) is 0.192. The van der Waals surface area contributed by atoms with Gasteiger partial charge in [-0.05, 0) is 77.1 Å². The Morgan fingerprint density at radius 3 is 2.25 bits per heavy atom. The summed E-state index contributed by atoms with van der Waals surface area (Å²) < 4.78 is 5.18. The zero-order chi connectivity index (χ0) is 30.6. The van der Waals surface area contributed by atoms with E-state index in [9.17, 15) is 0 Å². The van der Waals surface area contributed by atoms with Crippen LogP contribution in [-0.4, -0.2) is 4.57 Å². The first-order valence-corrected chi connectivity index (χ1v) is 16.8. The van der Waals surface area contributed by atoms with Crippen molar-refractivity contribution in [1.82, 2.24) is 4.57 Å². The van der Waals surface area contributed by atoms with Crippen LogP contribution in [0, 0.1) is 0 Å². The summed E-state index contributed by atoms with van der Waals surface area (Å²) in [6.45, 7) is 13.2. The number of allylic oxidation sites excluding steroid dienone is 4. The lowest BCUT2D eigenvalue weighted by Gasteiger charge is -2.24. The molecule has 0 fully saturated rings. The standard InChI is InChI=1S/C40H33NS.C2H6/c1-5-13-33-27(6-2)30-22-23-35-37(38(30)40(33,3)4)32-17-7-9-20-34(32)41(35)26-15-11-14-25(24-26)28-18-12-19-31-29-16-8-10-21-36(29)42-39(28)31;1-2/h5,7-24H,6H2,1-4H3;1-2H3/b13-5-;. The fraction of sp³-hybridized carbons (Fsp3) is 0.190. The summed E-state index contributed by atoms with van der Waals surface area (Å²) in [6.07, 6.45) is 5.56. The van der Waals surface area contributed by atoms with Crippen LogP contribution in [0.15, 0.2) is 121 Å². The second kappa shape index (κ2) is 10.9. The van der Waals surface area contributed by atoms with Crippen molar-refractivity contribution in [2.24, 2.45) is 0 Å². The van der Waals surface area contributed by atoms with Gasteiger partial charge in [0, 0.05) is 42.0 Å². The van der Waals surface area contributed by atoms with Gasteiger partial charge in [-0.3, -0.25) is 0 Å². The van der Waals surface area contributed by atoms with E-state index in [-0.39, 0.29) is 5.41 Å². The number of benzene rings is 5. The summed E-state index contributed by atoms with van der Waals surface area (Å²) in [5, 5.41) is 5.39. The van der Waals surface area contributed by atoms with Crippen LogP contribution in [-0.2, 0) is 5.41 Å². The molecule has 0 saturated carbocycles. The van der Waals surface area contributed by atoms with Crippen LogP contribution >= 0.6 is 11.3 Å². The van der Waals surface area contributed by atoms with Gasteiger partial charge in [0.2, 0.25) is 0 Å². The molecule has 1 aliphatic carbocycles. The highest BCUT2D eigenvalue weighted by Crippen LogP contribution is 2.52. The lowest BCUT2D eigenvalue weighted by atomic mass is 9.79. The predicted molar refractivity (Wildman–Crippen MR) is 196 cm³/mol. The van der Waals surface area contributed by atoms with Gasteiger partial charge >= 0.3 is 0 Å². The Balaban J connectivity index is 0.00000153. The number of nitrogens with zero attached hydrogens (tertiary/aromatic N) is 1. The van der Waals surface area contributed by atoms with Crippen molar-refractivity contribution in [3.8, 4) is 16.8 Å². The highest BCUT2D eigenvalue weighted by molar-refractivity contribution is 7.26. The number of rotatable bonds is 4. The van der Waals surface area contributed by atoms with Crippen LogP contribution in [0.1, 0.15) is 59.1 Å². The van der Waals surface area contributed by atoms with Gasteiger partial charge in [0.05, 0.1) is 11.0 Å². The Bertz CT molecular complexity index is 2270. The zero-order valence-electron chi connectivity index (χ0n) is 26.5. The molecule has 0 amide bonds. The first-order valence-electron chi connectivity index (χ1n) is 16.0. The predicted octanol–water partition coefficient (Wildman–Crippen LogP) is 12.9. The van der Waals surface area contributed by atoms with Crippen LogP contribution in [0.5, 0.6) is 0 Å². The van der Waals surface area contributed by atoms with Crippen LogP contribution in [0.4, 0.5) is 0 Å². The molecule has 0 bridgehead atoms. The number of para-hydroxylation sites is 1. The third-order valence-electron chi connectivity index (χ3n) is 9.29. The van der Waals surface area contributed by atoms with Gasteiger partial charge in [0.1, 0.15) is 0 Å². The fourth-order valence-corrected chi connectivity index (χ4v) is 8.78. The van der Waals surface area contributed by atoms with Crippen molar-refractivity contribution in [2.75, 3.05) is 0 Å². The summed E-state index contributed by atoms with van der Waals surface area (Å²) in [5.74, 6) is 0. The van der Waals surface area contributed by atoms with E-state index in [4.69, 9.17) is 0 Å². The highest BCUT2D eigenvalue weighted by Gasteiger charge is 2.38. The zero-order valence-corrected chi connectivity index (χ0v) is 27.3. The van der Waals surface area contributed by atoms with Crippen LogP contribution in [0.2, 0.25) is 0 Å². The molecule has 44 heavy (non-hydrogen) atoms.